The van der Waals surface area contributed by atoms with E-state index in [1.165, 1.54) is 61.6 Å². The molecule has 3 nitrogen and oxygen atoms in total. The molecule has 4 rings (SSSR count). The van der Waals surface area contributed by atoms with Crippen LogP contribution in [-0.4, -0.2) is 25.4 Å². The van der Waals surface area contributed by atoms with Gasteiger partial charge in [0.15, 0.2) is 0 Å². The standard InChI is InChI=1S/C24H31NO.2C2H6.CH4O/c1-26-16-18-4-2-17(3-5-18)12-19-6-7-21-14-22(9-8-20(21)13-19)23-10-11-24(25)15-23;3*1-2/h2-5,8-9,14,19,23-24H,6-7,10-13,15-16,25H2,1H3;2*1-2H3;2H,1H3/t19-,23?,24?;;;/m0.../s1. The van der Waals surface area contributed by atoms with E-state index in [1.807, 2.05) is 27.7 Å². The first-order valence-corrected chi connectivity index (χ1v) is 12.6. The first-order valence-electron chi connectivity index (χ1n) is 12.6. The number of rotatable bonds is 5. The van der Waals surface area contributed by atoms with E-state index in [2.05, 4.69) is 42.5 Å². The second-order valence-electron chi connectivity index (χ2n) is 8.36. The number of aliphatic hydroxyl groups excluding tert-OH is 1. The van der Waals surface area contributed by atoms with E-state index < -0.39 is 0 Å². The van der Waals surface area contributed by atoms with E-state index in [9.17, 15) is 0 Å². The van der Waals surface area contributed by atoms with Gasteiger partial charge in [0.2, 0.25) is 0 Å². The highest BCUT2D eigenvalue weighted by Crippen LogP contribution is 2.36. The Labute approximate surface area is 197 Å². The smallest absolute Gasteiger partial charge is 0.0713 e. The molecule has 3 atom stereocenters. The van der Waals surface area contributed by atoms with Crippen LogP contribution in [0.4, 0.5) is 0 Å². The van der Waals surface area contributed by atoms with E-state index in [-0.39, 0.29) is 0 Å². The largest absolute Gasteiger partial charge is 0.400 e. The highest BCUT2D eigenvalue weighted by atomic mass is 16.5. The van der Waals surface area contributed by atoms with Crippen LogP contribution in [0.15, 0.2) is 42.5 Å². The van der Waals surface area contributed by atoms with Crippen molar-refractivity contribution in [2.75, 3.05) is 14.2 Å². The summed E-state index contributed by atoms with van der Waals surface area (Å²) < 4.78 is 5.20. The maximum absolute atomic E-state index is 7.00. The molecule has 2 aromatic carbocycles. The maximum Gasteiger partial charge on any atom is 0.0713 e. The molecule has 2 unspecified atom stereocenters. The number of hydrogen-bond donors (Lipinski definition) is 2. The highest BCUT2D eigenvalue weighted by molar-refractivity contribution is 5.36. The quantitative estimate of drug-likeness (QED) is 0.561. The lowest BCUT2D eigenvalue weighted by molar-refractivity contribution is 0.185. The normalized spacial score (nSPS) is 21.1. The summed E-state index contributed by atoms with van der Waals surface area (Å²) in [7, 11) is 2.75. The number of methoxy groups -OCH3 is 1. The van der Waals surface area contributed by atoms with Crippen LogP contribution in [0.5, 0.6) is 0 Å². The molecule has 1 saturated carbocycles. The van der Waals surface area contributed by atoms with Crippen LogP contribution < -0.4 is 5.73 Å². The van der Waals surface area contributed by atoms with Crippen LogP contribution in [0.2, 0.25) is 0 Å². The molecule has 0 radical (unpaired) electrons. The molecule has 0 amide bonds. The maximum atomic E-state index is 7.00. The summed E-state index contributed by atoms with van der Waals surface area (Å²) >= 11 is 0. The zero-order valence-electron chi connectivity index (χ0n) is 21.4. The van der Waals surface area contributed by atoms with E-state index in [1.54, 1.807) is 18.2 Å². The third kappa shape index (κ3) is 8.35. The van der Waals surface area contributed by atoms with Crippen molar-refractivity contribution in [3.63, 3.8) is 0 Å². The predicted molar refractivity (Wildman–Crippen MR) is 138 cm³/mol. The second kappa shape index (κ2) is 16.0. The summed E-state index contributed by atoms with van der Waals surface area (Å²) in [6.45, 7) is 8.70. The molecule has 0 heterocycles. The minimum atomic E-state index is 0.413. The fraction of sp³-hybridized carbons (Fsp3) is 0.586. The average Bonchev–Trinajstić information content (AvgIpc) is 3.30. The van der Waals surface area contributed by atoms with Crippen LogP contribution in [0.1, 0.15) is 87.1 Å². The minimum absolute atomic E-state index is 0.413. The molecule has 32 heavy (non-hydrogen) atoms. The van der Waals surface area contributed by atoms with E-state index in [0.717, 1.165) is 13.0 Å². The molecular formula is C29H47NO2. The number of aryl methyl sites for hydroxylation is 1. The molecule has 2 aliphatic rings. The fourth-order valence-corrected chi connectivity index (χ4v) is 4.87. The molecule has 2 aliphatic carbocycles. The van der Waals surface area contributed by atoms with Crippen molar-refractivity contribution in [3.8, 4) is 0 Å². The Kier molecular flexibility index (Phi) is 14.2. The number of aliphatic hydroxyl groups is 1. The Morgan fingerprint density at radius 1 is 0.875 bits per heavy atom. The van der Waals surface area contributed by atoms with Gasteiger partial charge >= 0.3 is 0 Å². The monoisotopic (exact) mass is 441 g/mol. The van der Waals surface area contributed by atoms with Crippen LogP contribution in [0.3, 0.4) is 0 Å². The van der Waals surface area contributed by atoms with Gasteiger partial charge in [-0.3, -0.25) is 0 Å². The van der Waals surface area contributed by atoms with E-state index in [4.69, 9.17) is 15.6 Å². The van der Waals surface area contributed by atoms with Crippen LogP contribution in [0, 0.1) is 5.92 Å². The number of fused-ring (bicyclic) bond motifs is 1. The fourth-order valence-electron chi connectivity index (χ4n) is 4.87. The topological polar surface area (TPSA) is 55.5 Å². The van der Waals surface area contributed by atoms with E-state index in [0.29, 0.717) is 18.6 Å². The minimum Gasteiger partial charge on any atom is -0.400 e. The van der Waals surface area contributed by atoms with Crippen molar-refractivity contribution in [1.82, 2.24) is 0 Å². The first-order chi connectivity index (χ1) is 15.7. The van der Waals surface area contributed by atoms with E-state index >= 15 is 0 Å². The van der Waals surface area contributed by atoms with Gasteiger partial charge in [0.25, 0.3) is 0 Å². The lowest BCUT2D eigenvalue weighted by Crippen LogP contribution is -2.17. The summed E-state index contributed by atoms with van der Waals surface area (Å²) in [4.78, 5) is 0. The van der Waals surface area contributed by atoms with Crippen LogP contribution in [-0.2, 0) is 30.6 Å². The molecule has 0 saturated heterocycles. The third-order valence-corrected chi connectivity index (χ3v) is 6.36. The molecule has 180 valence electrons. The molecule has 0 aliphatic heterocycles. The van der Waals surface area contributed by atoms with Gasteiger partial charge in [0.1, 0.15) is 0 Å². The molecule has 0 spiro atoms. The number of benzene rings is 2. The summed E-state index contributed by atoms with van der Waals surface area (Å²) in [6, 6.07) is 16.6. The molecule has 1 fully saturated rings. The second-order valence-corrected chi connectivity index (χ2v) is 8.36. The van der Waals surface area contributed by atoms with Gasteiger partial charge in [0, 0.05) is 20.3 Å². The summed E-state index contributed by atoms with van der Waals surface area (Å²) in [5, 5.41) is 7.00. The Bertz CT molecular complexity index is 741. The van der Waals surface area contributed by atoms with Crippen molar-refractivity contribution < 1.29 is 9.84 Å². The van der Waals surface area contributed by atoms with Crippen molar-refractivity contribution >= 4 is 0 Å². The average molecular weight is 442 g/mol. The molecule has 0 bridgehead atoms. The summed E-state index contributed by atoms with van der Waals surface area (Å²) in [6.07, 6.45) is 8.56. The van der Waals surface area contributed by atoms with Gasteiger partial charge in [0.05, 0.1) is 6.61 Å². The van der Waals surface area contributed by atoms with Gasteiger partial charge in [-0.1, -0.05) is 70.2 Å². The van der Waals surface area contributed by atoms with Gasteiger partial charge < -0.3 is 15.6 Å². The molecular weight excluding hydrogens is 394 g/mol. The van der Waals surface area contributed by atoms with Crippen LogP contribution in [0.25, 0.3) is 0 Å². The number of ether oxygens (including phenoxy) is 1. The number of nitrogens with two attached hydrogens (primary N) is 1. The van der Waals surface area contributed by atoms with Crippen molar-refractivity contribution in [2.24, 2.45) is 11.7 Å². The Balaban J connectivity index is 0.000000789. The Hall–Kier alpha value is -1.68. The summed E-state index contributed by atoms with van der Waals surface area (Å²) in [5.74, 6) is 1.46. The van der Waals surface area contributed by atoms with Gasteiger partial charge in [-0.15, -0.1) is 0 Å². The highest BCUT2D eigenvalue weighted by Gasteiger charge is 2.25. The molecule has 2 aromatic rings. The zero-order valence-corrected chi connectivity index (χ0v) is 21.4. The van der Waals surface area contributed by atoms with Gasteiger partial charge in [-0.25, -0.2) is 0 Å². The first kappa shape index (κ1) is 28.4. The Morgan fingerprint density at radius 3 is 2.12 bits per heavy atom. The zero-order chi connectivity index (χ0) is 23.9. The number of hydrogen-bond acceptors (Lipinski definition) is 3. The van der Waals surface area contributed by atoms with Gasteiger partial charge in [-0.05, 0) is 84.6 Å². The molecule has 0 aromatic heterocycles. The van der Waals surface area contributed by atoms with Crippen LogP contribution >= 0.6 is 0 Å². The SMILES string of the molecule is CC.CC.CO.COCc1ccc(C[C@@H]2CCc3cc(C4CCC(N)C4)ccc3C2)cc1. The van der Waals surface area contributed by atoms with Gasteiger partial charge in [-0.2, -0.15) is 0 Å². The Morgan fingerprint density at radius 2 is 1.53 bits per heavy atom. The summed E-state index contributed by atoms with van der Waals surface area (Å²) in [5.41, 5.74) is 13.5. The van der Waals surface area contributed by atoms with Crippen molar-refractivity contribution in [1.29, 1.82) is 0 Å². The lowest BCUT2D eigenvalue weighted by Gasteiger charge is -2.26. The lowest BCUT2D eigenvalue weighted by atomic mass is 9.79. The third-order valence-electron chi connectivity index (χ3n) is 6.36. The molecule has 3 heteroatoms. The molecule has 3 N–H and O–H groups in total. The predicted octanol–water partition coefficient (Wildman–Crippen LogP) is 6.44. The van der Waals surface area contributed by atoms with Crippen molar-refractivity contribution in [3.05, 3.63) is 70.3 Å². The van der Waals surface area contributed by atoms with Crippen molar-refractivity contribution in [2.45, 2.75) is 91.2 Å².